The van der Waals surface area contributed by atoms with Crippen molar-refractivity contribution < 1.29 is 26.4 Å². The van der Waals surface area contributed by atoms with Gasteiger partial charge in [0.15, 0.2) is 0 Å². The number of carbonyl (C=O) groups is 1. The van der Waals surface area contributed by atoms with E-state index in [-0.39, 0.29) is 17.6 Å². The summed E-state index contributed by atoms with van der Waals surface area (Å²) in [5.41, 5.74) is 0.0356. The van der Waals surface area contributed by atoms with Crippen LogP contribution in [0.25, 0.3) is 0 Å². The summed E-state index contributed by atoms with van der Waals surface area (Å²) in [7, 11) is -4.28. The van der Waals surface area contributed by atoms with Crippen LogP contribution >= 0.6 is 0 Å². The molecular weight excluding hydrogens is 421 g/mol. The molecule has 4 rings (SSSR count). The molecule has 2 aliphatic rings. The highest BCUT2D eigenvalue weighted by atomic mass is 32.2. The van der Waals surface area contributed by atoms with Crippen LogP contribution in [-0.4, -0.2) is 46.5 Å². The number of halogens is 3. The SMILES string of the molecule is O=C1NCC2CNCCN2c2ccc(NS(=O)(=O)c3cccc(C(F)(F)F)c3)cc21. The lowest BCUT2D eigenvalue weighted by Crippen LogP contribution is -2.54. The fourth-order valence-electron chi connectivity index (χ4n) is 3.65. The Bertz CT molecular complexity index is 1090. The topological polar surface area (TPSA) is 90.5 Å². The second-order valence-corrected chi connectivity index (χ2v) is 8.81. The van der Waals surface area contributed by atoms with Crippen LogP contribution in [0.1, 0.15) is 15.9 Å². The summed E-state index contributed by atoms with van der Waals surface area (Å²) in [5, 5.41) is 6.09. The van der Waals surface area contributed by atoms with Gasteiger partial charge in [-0.05, 0) is 36.4 Å². The van der Waals surface area contributed by atoms with E-state index in [0.29, 0.717) is 37.0 Å². The number of nitrogens with one attached hydrogen (secondary N) is 3. The summed E-state index contributed by atoms with van der Waals surface area (Å²) in [5.74, 6) is -0.334. The summed E-state index contributed by atoms with van der Waals surface area (Å²) in [4.78, 5) is 14.1. The van der Waals surface area contributed by atoms with Crippen molar-refractivity contribution in [3.8, 4) is 0 Å². The van der Waals surface area contributed by atoms with Crippen molar-refractivity contribution in [2.45, 2.75) is 17.1 Å². The molecule has 1 atom stereocenters. The summed E-state index contributed by atoms with van der Waals surface area (Å²) in [6, 6.07) is 8.13. The van der Waals surface area contributed by atoms with Crippen LogP contribution in [0.4, 0.5) is 24.5 Å². The van der Waals surface area contributed by atoms with Gasteiger partial charge in [-0.25, -0.2) is 8.42 Å². The third kappa shape index (κ3) is 3.94. The number of hydrogen-bond acceptors (Lipinski definition) is 5. The number of fused-ring (bicyclic) bond motifs is 3. The van der Waals surface area contributed by atoms with Crippen molar-refractivity contribution in [2.75, 3.05) is 35.8 Å². The zero-order valence-corrected chi connectivity index (χ0v) is 16.5. The molecule has 1 amide bonds. The summed E-state index contributed by atoms with van der Waals surface area (Å²) in [6.45, 7) is 2.62. The van der Waals surface area contributed by atoms with E-state index in [1.165, 1.54) is 12.1 Å². The lowest BCUT2D eigenvalue weighted by molar-refractivity contribution is -0.137. The van der Waals surface area contributed by atoms with Crippen molar-refractivity contribution in [1.82, 2.24) is 10.6 Å². The fourth-order valence-corrected chi connectivity index (χ4v) is 4.75. The second-order valence-electron chi connectivity index (χ2n) is 7.12. The predicted octanol–water partition coefficient (Wildman–Crippen LogP) is 2.03. The second kappa shape index (κ2) is 7.47. The molecule has 2 aromatic carbocycles. The quantitative estimate of drug-likeness (QED) is 0.680. The van der Waals surface area contributed by atoms with E-state index in [9.17, 15) is 26.4 Å². The van der Waals surface area contributed by atoms with Crippen molar-refractivity contribution >= 4 is 27.3 Å². The minimum atomic E-state index is -4.66. The third-order valence-corrected chi connectivity index (χ3v) is 6.50. The Morgan fingerprint density at radius 2 is 1.90 bits per heavy atom. The Balaban J connectivity index is 1.65. The first-order chi connectivity index (χ1) is 14.1. The Kier molecular flexibility index (Phi) is 5.10. The van der Waals surface area contributed by atoms with Crippen molar-refractivity contribution in [3.05, 3.63) is 53.6 Å². The van der Waals surface area contributed by atoms with Gasteiger partial charge < -0.3 is 15.5 Å². The number of amides is 1. The number of sulfonamides is 1. The molecule has 0 aliphatic carbocycles. The van der Waals surface area contributed by atoms with Crippen molar-refractivity contribution in [2.24, 2.45) is 0 Å². The molecule has 7 nitrogen and oxygen atoms in total. The largest absolute Gasteiger partial charge is 0.416 e. The minimum Gasteiger partial charge on any atom is -0.364 e. The van der Waals surface area contributed by atoms with Gasteiger partial charge in [0.1, 0.15) is 0 Å². The average molecular weight is 440 g/mol. The molecule has 2 aromatic rings. The number of rotatable bonds is 3. The van der Waals surface area contributed by atoms with E-state index in [2.05, 4.69) is 20.3 Å². The fraction of sp³-hybridized carbons (Fsp3) is 0.316. The van der Waals surface area contributed by atoms with Crippen LogP contribution in [0.5, 0.6) is 0 Å². The maximum absolute atomic E-state index is 12.9. The molecule has 1 saturated heterocycles. The van der Waals surface area contributed by atoms with E-state index in [0.717, 1.165) is 24.7 Å². The number of alkyl halides is 3. The number of anilines is 2. The third-order valence-electron chi connectivity index (χ3n) is 5.12. The van der Waals surface area contributed by atoms with Crippen LogP contribution in [0.15, 0.2) is 47.4 Å². The Morgan fingerprint density at radius 3 is 2.67 bits per heavy atom. The first kappa shape index (κ1) is 20.5. The summed E-state index contributed by atoms with van der Waals surface area (Å²) in [6.07, 6.45) is -4.66. The van der Waals surface area contributed by atoms with Gasteiger partial charge in [-0.2, -0.15) is 13.2 Å². The molecule has 160 valence electrons. The predicted molar refractivity (Wildman–Crippen MR) is 105 cm³/mol. The van der Waals surface area contributed by atoms with Crippen LogP contribution < -0.4 is 20.3 Å². The molecule has 1 fully saturated rings. The van der Waals surface area contributed by atoms with Gasteiger partial charge >= 0.3 is 6.18 Å². The highest BCUT2D eigenvalue weighted by Crippen LogP contribution is 2.32. The zero-order chi connectivity index (χ0) is 21.5. The number of benzene rings is 2. The van der Waals surface area contributed by atoms with Gasteiger partial charge in [0, 0.05) is 31.9 Å². The maximum Gasteiger partial charge on any atom is 0.416 e. The van der Waals surface area contributed by atoms with Crippen molar-refractivity contribution in [3.63, 3.8) is 0 Å². The lowest BCUT2D eigenvalue weighted by atomic mass is 10.1. The lowest BCUT2D eigenvalue weighted by Gasteiger charge is -2.36. The van der Waals surface area contributed by atoms with Gasteiger partial charge in [-0.1, -0.05) is 6.07 Å². The Hall–Kier alpha value is -2.79. The molecule has 0 aromatic heterocycles. The monoisotopic (exact) mass is 440 g/mol. The highest BCUT2D eigenvalue weighted by molar-refractivity contribution is 7.92. The van der Waals surface area contributed by atoms with E-state index < -0.39 is 26.7 Å². The molecule has 2 heterocycles. The molecule has 0 spiro atoms. The van der Waals surface area contributed by atoms with Crippen LogP contribution in [0.2, 0.25) is 0 Å². The molecule has 2 aliphatic heterocycles. The summed E-state index contributed by atoms with van der Waals surface area (Å²) < 4.78 is 66.3. The molecule has 3 N–H and O–H groups in total. The average Bonchev–Trinajstić information content (AvgIpc) is 2.84. The van der Waals surface area contributed by atoms with E-state index in [4.69, 9.17) is 0 Å². The van der Waals surface area contributed by atoms with E-state index in [1.807, 2.05) is 0 Å². The van der Waals surface area contributed by atoms with Crippen LogP contribution in [-0.2, 0) is 16.2 Å². The molecule has 0 bridgehead atoms. The molecule has 0 radical (unpaired) electrons. The maximum atomic E-state index is 12.9. The first-order valence-electron chi connectivity index (χ1n) is 9.25. The molecule has 0 saturated carbocycles. The standard InChI is InChI=1S/C19H19F3N4O3S/c20-19(21,22)12-2-1-3-15(8-12)30(28,29)25-13-4-5-17-16(9-13)18(27)24-11-14-10-23-6-7-26(14)17/h1-5,8-9,14,23,25H,6-7,10-11H2,(H,24,27). The van der Waals surface area contributed by atoms with E-state index >= 15 is 0 Å². The van der Waals surface area contributed by atoms with Gasteiger partial charge in [-0.15, -0.1) is 0 Å². The highest BCUT2D eigenvalue weighted by Gasteiger charge is 2.32. The summed E-state index contributed by atoms with van der Waals surface area (Å²) >= 11 is 0. The van der Waals surface area contributed by atoms with Crippen LogP contribution in [0.3, 0.4) is 0 Å². The molecule has 11 heteroatoms. The minimum absolute atomic E-state index is 0.0802. The smallest absolute Gasteiger partial charge is 0.364 e. The van der Waals surface area contributed by atoms with Gasteiger partial charge in [0.25, 0.3) is 15.9 Å². The molecule has 30 heavy (non-hydrogen) atoms. The van der Waals surface area contributed by atoms with Gasteiger partial charge in [0.05, 0.1) is 27.8 Å². The number of carbonyl (C=O) groups excluding carboxylic acids is 1. The number of nitrogens with zero attached hydrogens (tertiary/aromatic N) is 1. The van der Waals surface area contributed by atoms with Gasteiger partial charge in [-0.3, -0.25) is 9.52 Å². The van der Waals surface area contributed by atoms with E-state index in [1.54, 1.807) is 6.07 Å². The number of piperazine rings is 1. The molecule has 1 unspecified atom stereocenters. The Morgan fingerprint density at radius 1 is 1.10 bits per heavy atom. The Labute approximate surface area is 171 Å². The molecular formula is C19H19F3N4O3S. The normalized spacial score (nSPS) is 19.4. The number of hydrogen-bond donors (Lipinski definition) is 3. The zero-order valence-electron chi connectivity index (χ0n) is 15.7. The van der Waals surface area contributed by atoms with Crippen LogP contribution in [0, 0.1) is 0 Å². The van der Waals surface area contributed by atoms with Gasteiger partial charge in [0.2, 0.25) is 0 Å². The van der Waals surface area contributed by atoms with Crippen molar-refractivity contribution in [1.29, 1.82) is 0 Å². The first-order valence-corrected chi connectivity index (χ1v) is 10.7.